The van der Waals surface area contributed by atoms with Crippen molar-refractivity contribution in [3.63, 3.8) is 0 Å². The molecule has 1 unspecified atom stereocenters. The van der Waals surface area contributed by atoms with Crippen LogP contribution in [0.3, 0.4) is 0 Å². The molecule has 0 saturated carbocycles. The molecule has 1 atom stereocenters. The van der Waals surface area contributed by atoms with E-state index in [1.165, 1.54) is 4.88 Å². The van der Waals surface area contributed by atoms with E-state index in [-0.39, 0.29) is 6.04 Å². The molecule has 4 heteroatoms. The first-order chi connectivity index (χ1) is 7.27. The number of thioether (sulfide) groups is 1. The van der Waals surface area contributed by atoms with Crippen LogP contribution in [0.1, 0.15) is 4.88 Å². The van der Waals surface area contributed by atoms with Crippen LogP contribution in [0.15, 0.2) is 17.5 Å². The van der Waals surface area contributed by atoms with Crippen LogP contribution >= 0.6 is 23.1 Å². The standard InChI is InChI=1S/C11H15NOS2/c1-12-4-6-14-8-10(12)11(13)7-9-3-2-5-15-9/h2-3,5,10H,4,6-8H2,1H3. The van der Waals surface area contributed by atoms with Gasteiger partial charge in [0.25, 0.3) is 0 Å². The van der Waals surface area contributed by atoms with E-state index in [1.54, 1.807) is 11.3 Å². The summed E-state index contributed by atoms with van der Waals surface area (Å²) in [6.07, 6.45) is 0.604. The smallest absolute Gasteiger partial charge is 0.155 e. The molecule has 2 rings (SSSR count). The SMILES string of the molecule is CN1CCSCC1C(=O)Cc1cccs1. The number of hydrogen-bond acceptors (Lipinski definition) is 4. The van der Waals surface area contributed by atoms with E-state index in [1.807, 2.05) is 29.3 Å². The predicted octanol–water partition coefficient (Wildman–Crippen LogP) is 1.91. The summed E-state index contributed by atoms with van der Waals surface area (Å²) in [5.74, 6) is 2.48. The minimum atomic E-state index is 0.130. The Kier molecular flexibility index (Phi) is 3.83. The number of Topliss-reactive ketones (excluding diaryl/α,β-unsaturated/α-hetero) is 1. The number of nitrogens with zero attached hydrogens (tertiary/aromatic N) is 1. The molecule has 0 radical (unpaired) electrons. The number of rotatable bonds is 3. The van der Waals surface area contributed by atoms with Crippen molar-refractivity contribution in [1.29, 1.82) is 0 Å². The third-order valence-corrected chi connectivity index (χ3v) is 4.60. The number of ketones is 1. The minimum absolute atomic E-state index is 0.130. The Morgan fingerprint density at radius 2 is 2.53 bits per heavy atom. The highest BCUT2D eigenvalue weighted by Crippen LogP contribution is 2.18. The van der Waals surface area contributed by atoms with Gasteiger partial charge in [-0.05, 0) is 18.5 Å². The van der Waals surface area contributed by atoms with E-state index in [4.69, 9.17) is 0 Å². The predicted molar refractivity (Wildman–Crippen MR) is 66.8 cm³/mol. The molecular weight excluding hydrogens is 226 g/mol. The van der Waals surface area contributed by atoms with Crippen LogP contribution in [0.5, 0.6) is 0 Å². The topological polar surface area (TPSA) is 20.3 Å². The third-order valence-electron chi connectivity index (χ3n) is 2.70. The summed E-state index contributed by atoms with van der Waals surface area (Å²) >= 11 is 3.56. The largest absolute Gasteiger partial charge is 0.297 e. The first-order valence-corrected chi connectivity index (χ1v) is 7.14. The van der Waals surface area contributed by atoms with Gasteiger partial charge in [0, 0.05) is 29.3 Å². The summed E-state index contributed by atoms with van der Waals surface area (Å²) < 4.78 is 0. The molecule has 2 nitrogen and oxygen atoms in total. The summed E-state index contributed by atoms with van der Waals surface area (Å²) in [4.78, 5) is 15.4. The zero-order valence-electron chi connectivity index (χ0n) is 8.81. The first kappa shape index (κ1) is 11.2. The fraction of sp³-hybridized carbons (Fsp3) is 0.545. The monoisotopic (exact) mass is 241 g/mol. The van der Waals surface area contributed by atoms with Crippen molar-refractivity contribution in [3.8, 4) is 0 Å². The molecule has 82 valence electrons. The van der Waals surface area contributed by atoms with Crippen molar-refractivity contribution in [1.82, 2.24) is 4.90 Å². The Hall–Kier alpha value is -0.320. The molecule has 15 heavy (non-hydrogen) atoms. The molecule has 0 aliphatic carbocycles. The normalized spacial score (nSPS) is 22.9. The average molecular weight is 241 g/mol. The van der Waals surface area contributed by atoms with E-state index in [9.17, 15) is 4.79 Å². The quantitative estimate of drug-likeness (QED) is 0.806. The van der Waals surface area contributed by atoms with Gasteiger partial charge >= 0.3 is 0 Å². The number of hydrogen-bond donors (Lipinski definition) is 0. The zero-order chi connectivity index (χ0) is 10.7. The van der Waals surface area contributed by atoms with E-state index in [0.717, 1.165) is 18.1 Å². The Balaban J connectivity index is 1.95. The van der Waals surface area contributed by atoms with Gasteiger partial charge in [0.2, 0.25) is 0 Å². The highest BCUT2D eigenvalue weighted by Gasteiger charge is 2.25. The van der Waals surface area contributed by atoms with Crippen molar-refractivity contribution in [2.45, 2.75) is 12.5 Å². The van der Waals surface area contributed by atoms with Gasteiger partial charge in [0.1, 0.15) is 0 Å². The summed E-state index contributed by atoms with van der Waals surface area (Å²) in [5.41, 5.74) is 0. The maximum absolute atomic E-state index is 12.0. The van der Waals surface area contributed by atoms with Crippen LogP contribution in [-0.4, -0.2) is 41.8 Å². The van der Waals surface area contributed by atoms with E-state index in [0.29, 0.717) is 12.2 Å². The molecular formula is C11H15NOS2. The molecule has 1 aromatic heterocycles. The summed E-state index contributed by atoms with van der Waals surface area (Å²) in [5, 5.41) is 2.03. The summed E-state index contributed by atoms with van der Waals surface area (Å²) in [6, 6.07) is 4.18. The second kappa shape index (κ2) is 5.14. The molecule has 1 aromatic rings. The highest BCUT2D eigenvalue weighted by molar-refractivity contribution is 7.99. The zero-order valence-corrected chi connectivity index (χ0v) is 10.4. The molecule has 1 saturated heterocycles. The lowest BCUT2D eigenvalue weighted by molar-refractivity contribution is -0.122. The highest BCUT2D eigenvalue weighted by atomic mass is 32.2. The molecule has 1 aliphatic rings. The van der Waals surface area contributed by atoms with Crippen molar-refractivity contribution >= 4 is 28.9 Å². The first-order valence-electron chi connectivity index (χ1n) is 5.10. The lowest BCUT2D eigenvalue weighted by atomic mass is 10.1. The fourth-order valence-electron chi connectivity index (χ4n) is 1.73. The van der Waals surface area contributed by atoms with Crippen LogP contribution in [0.25, 0.3) is 0 Å². The van der Waals surface area contributed by atoms with Crippen LogP contribution in [0.4, 0.5) is 0 Å². The van der Waals surface area contributed by atoms with Crippen molar-refractivity contribution in [2.24, 2.45) is 0 Å². The molecule has 0 aromatic carbocycles. The Bertz CT molecular complexity index is 323. The molecule has 0 N–H and O–H groups in total. The minimum Gasteiger partial charge on any atom is -0.297 e. The van der Waals surface area contributed by atoms with Gasteiger partial charge < -0.3 is 0 Å². The van der Waals surface area contributed by atoms with Gasteiger partial charge in [-0.1, -0.05) is 6.07 Å². The van der Waals surface area contributed by atoms with E-state index in [2.05, 4.69) is 11.9 Å². The summed E-state index contributed by atoms with van der Waals surface area (Å²) in [7, 11) is 2.05. The van der Waals surface area contributed by atoms with E-state index < -0.39 is 0 Å². The van der Waals surface area contributed by atoms with Crippen LogP contribution in [-0.2, 0) is 11.2 Å². The maximum Gasteiger partial charge on any atom is 0.155 e. The molecule has 0 spiro atoms. The average Bonchev–Trinajstić information content (AvgIpc) is 2.71. The second-order valence-electron chi connectivity index (χ2n) is 3.79. The van der Waals surface area contributed by atoms with Crippen LogP contribution in [0.2, 0.25) is 0 Å². The lowest BCUT2D eigenvalue weighted by Crippen LogP contribution is -2.45. The van der Waals surface area contributed by atoms with Gasteiger partial charge in [0.05, 0.1) is 6.04 Å². The van der Waals surface area contributed by atoms with Gasteiger partial charge in [0.15, 0.2) is 5.78 Å². The number of carbonyl (C=O) groups is 1. The third kappa shape index (κ3) is 2.83. The van der Waals surface area contributed by atoms with Crippen molar-refractivity contribution < 1.29 is 4.79 Å². The Morgan fingerprint density at radius 1 is 1.67 bits per heavy atom. The van der Waals surface area contributed by atoms with Gasteiger partial charge in [-0.2, -0.15) is 11.8 Å². The number of likely N-dealkylation sites (N-methyl/N-ethyl adjacent to an activating group) is 1. The fourth-order valence-corrected chi connectivity index (χ4v) is 3.69. The number of carbonyl (C=O) groups excluding carboxylic acids is 1. The molecule has 1 aliphatic heterocycles. The lowest BCUT2D eigenvalue weighted by Gasteiger charge is -2.30. The molecule has 0 bridgehead atoms. The van der Waals surface area contributed by atoms with Gasteiger partial charge in [-0.25, -0.2) is 0 Å². The maximum atomic E-state index is 12.0. The van der Waals surface area contributed by atoms with E-state index >= 15 is 0 Å². The van der Waals surface area contributed by atoms with Crippen molar-refractivity contribution in [2.75, 3.05) is 25.1 Å². The summed E-state index contributed by atoms with van der Waals surface area (Å²) in [6.45, 7) is 1.03. The molecule has 1 fully saturated rings. The number of thiophene rings is 1. The van der Waals surface area contributed by atoms with Crippen molar-refractivity contribution in [3.05, 3.63) is 22.4 Å². The van der Waals surface area contributed by atoms with Crippen LogP contribution < -0.4 is 0 Å². The van der Waals surface area contributed by atoms with Gasteiger partial charge in [-0.3, -0.25) is 9.69 Å². The Morgan fingerprint density at radius 3 is 3.20 bits per heavy atom. The molecule has 2 heterocycles. The van der Waals surface area contributed by atoms with Gasteiger partial charge in [-0.15, -0.1) is 11.3 Å². The second-order valence-corrected chi connectivity index (χ2v) is 5.98. The molecule has 0 amide bonds. The Labute approximate surface area is 98.7 Å². The van der Waals surface area contributed by atoms with Crippen LogP contribution in [0, 0.1) is 0 Å².